The molecule has 0 spiro atoms. The lowest BCUT2D eigenvalue weighted by molar-refractivity contribution is 0.300. The van der Waals surface area contributed by atoms with Crippen molar-refractivity contribution in [3.8, 4) is 17.2 Å². The molecule has 2 N–H and O–H groups in total. The number of hydrogen-bond acceptors (Lipinski definition) is 3. The highest BCUT2D eigenvalue weighted by Gasteiger charge is 2.12. The quantitative estimate of drug-likeness (QED) is 0.795. The molecule has 0 aliphatic rings. The predicted octanol–water partition coefficient (Wildman–Crippen LogP) is 4.95. The summed E-state index contributed by atoms with van der Waals surface area (Å²) in [5.41, 5.74) is 6.99. The van der Waals surface area contributed by atoms with Crippen molar-refractivity contribution in [1.82, 2.24) is 0 Å². The fraction of sp³-hybridized carbons (Fsp3) is 0.250. The molecule has 21 heavy (non-hydrogen) atoms. The highest BCUT2D eigenvalue weighted by molar-refractivity contribution is 6.32. The number of hydrogen-bond donors (Lipinski definition) is 1. The Morgan fingerprint density at radius 2 is 1.90 bits per heavy atom. The van der Waals surface area contributed by atoms with Crippen LogP contribution in [0, 0.1) is 12.7 Å². The lowest BCUT2D eigenvalue weighted by Gasteiger charge is -2.13. The fourth-order valence-corrected chi connectivity index (χ4v) is 2.04. The topological polar surface area (TPSA) is 44.5 Å². The van der Waals surface area contributed by atoms with Crippen molar-refractivity contribution in [3.63, 3.8) is 0 Å². The predicted molar refractivity (Wildman–Crippen MR) is 82.9 cm³/mol. The Morgan fingerprint density at radius 3 is 2.57 bits per heavy atom. The van der Waals surface area contributed by atoms with E-state index in [0.717, 1.165) is 12.0 Å². The molecule has 3 nitrogen and oxygen atoms in total. The summed E-state index contributed by atoms with van der Waals surface area (Å²) in [5, 5.41) is 0.467. The third-order valence-corrected chi connectivity index (χ3v) is 3.13. The van der Waals surface area contributed by atoms with Crippen LogP contribution >= 0.6 is 11.6 Å². The molecule has 2 aromatic carbocycles. The Bertz CT molecular complexity index is 646. The zero-order valence-corrected chi connectivity index (χ0v) is 12.7. The average molecular weight is 310 g/mol. The van der Waals surface area contributed by atoms with Crippen molar-refractivity contribution in [2.45, 2.75) is 20.3 Å². The summed E-state index contributed by atoms with van der Waals surface area (Å²) in [6, 6.07) is 8.02. The van der Waals surface area contributed by atoms with Gasteiger partial charge in [-0.1, -0.05) is 24.6 Å². The standard InChI is InChI=1S/C16H17ClFNO2/c1-3-6-20-15-9-16(13(19)8-12(15)18)21-14-5-4-10(2)7-11(14)17/h4-5,7-9H,3,6,19H2,1-2H3. The highest BCUT2D eigenvalue weighted by Crippen LogP contribution is 2.36. The summed E-state index contributed by atoms with van der Waals surface area (Å²) in [6.45, 7) is 4.29. The van der Waals surface area contributed by atoms with Crippen LogP contribution in [0.25, 0.3) is 0 Å². The largest absolute Gasteiger partial charge is 0.490 e. The first-order valence-electron chi connectivity index (χ1n) is 6.67. The molecule has 0 bridgehead atoms. The van der Waals surface area contributed by atoms with Crippen LogP contribution in [0.2, 0.25) is 5.02 Å². The number of halogens is 2. The number of rotatable bonds is 5. The van der Waals surface area contributed by atoms with Gasteiger partial charge < -0.3 is 15.2 Å². The van der Waals surface area contributed by atoms with Gasteiger partial charge in [-0.15, -0.1) is 0 Å². The van der Waals surface area contributed by atoms with Gasteiger partial charge in [-0.3, -0.25) is 0 Å². The lowest BCUT2D eigenvalue weighted by atomic mass is 10.2. The fourth-order valence-electron chi connectivity index (χ4n) is 1.77. The van der Waals surface area contributed by atoms with Crippen molar-refractivity contribution in [3.05, 3.63) is 46.7 Å². The summed E-state index contributed by atoms with van der Waals surface area (Å²) >= 11 is 6.12. The van der Waals surface area contributed by atoms with Gasteiger partial charge in [-0.05, 0) is 31.0 Å². The number of aryl methyl sites for hydroxylation is 1. The van der Waals surface area contributed by atoms with Crippen LogP contribution in [-0.4, -0.2) is 6.61 Å². The molecule has 0 aromatic heterocycles. The van der Waals surface area contributed by atoms with E-state index in [9.17, 15) is 4.39 Å². The van der Waals surface area contributed by atoms with E-state index < -0.39 is 5.82 Å². The molecule has 2 aromatic rings. The molecule has 2 rings (SSSR count). The normalized spacial score (nSPS) is 10.5. The Kier molecular flexibility index (Phi) is 4.91. The Labute approximate surface area is 128 Å². The van der Waals surface area contributed by atoms with E-state index in [1.807, 2.05) is 19.9 Å². The van der Waals surface area contributed by atoms with Gasteiger partial charge in [-0.25, -0.2) is 4.39 Å². The molecule has 0 aliphatic carbocycles. The van der Waals surface area contributed by atoms with Gasteiger partial charge in [0.2, 0.25) is 0 Å². The molecule has 0 unspecified atom stereocenters. The summed E-state index contributed by atoms with van der Waals surface area (Å²) in [7, 11) is 0. The molecule has 112 valence electrons. The molecule has 0 fully saturated rings. The Morgan fingerprint density at radius 1 is 1.14 bits per heavy atom. The molecule has 0 saturated carbocycles. The number of benzene rings is 2. The van der Waals surface area contributed by atoms with Crippen LogP contribution in [0.5, 0.6) is 17.2 Å². The molecular weight excluding hydrogens is 293 g/mol. The van der Waals surface area contributed by atoms with Gasteiger partial charge in [0, 0.05) is 12.1 Å². The van der Waals surface area contributed by atoms with Crippen molar-refractivity contribution < 1.29 is 13.9 Å². The second kappa shape index (κ2) is 6.68. The van der Waals surface area contributed by atoms with Crippen molar-refractivity contribution >= 4 is 17.3 Å². The molecule has 0 amide bonds. The molecule has 5 heteroatoms. The molecule has 0 heterocycles. The molecule has 0 atom stereocenters. The van der Waals surface area contributed by atoms with Gasteiger partial charge in [0.1, 0.15) is 5.75 Å². The number of anilines is 1. The van der Waals surface area contributed by atoms with Crippen LogP contribution in [0.1, 0.15) is 18.9 Å². The number of ether oxygens (including phenoxy) is 2. The monoisotopic (exact) mass is 309 g/mol. The first kappa shape index (κ1) is 15.4. The smallest absolute Gasteiger partial charge is 0.167 e. The molecule has 0 aliphatic heterocycles. The van der Waals surface area contributed by atoms with Gasteiger partial charge in [0.15, 0.2) is 17.3 Å². The highest BCUT2D eigenvalue weighted by atomic mass is 35.5. The summed E-state index contributed by atoms with van der Waals surface area (Å²) in [5.74, 6) is 0.378. The van der Waals surface area contributed by atoms with Crippen molar-refractivity contribution in [2.24, 2.45) is 0 Å². The maximum atomic E-state index is 13.7. The molecule has 0 radical (unpaired) electrons. The lowest BCUT2D eigenvalue weighted by Crippen LogP contribution is -2.00. The first-order chi connectivity index (χ1) is 10.0. The third kappa shape index (κ3) is 3.79. The second-order valence-corrected chi connectivity index (χ2v) is 5.11. The average Bonchev–Trinajstić information content (AvgIpc) is 2.43. The maximum absolute atomic E-state index is 13.7. The van der Waals surface area contributed by atoms with Crippen molar-refractivity contribution in [2.75, 3.05) is 12.3 Å². The number of nitrogen functional groups attached to an aromatic ring is 1. The minimum Gasteiger partial charge on any atom is -0.490 e. The minimum absolute atomic E-state index is 0.115. The zero-order valence-electron chi connectivity index (χ0n) is 12.0. The van der Waals surface area contributed by atoms with Crippen LogP contribution in [0.4, 0.5) is 10.1 Å². The molecule has 0 saturated heterocycles. The summed E-state index contributed by atoms with van der Waals surface area (Å²) in [6.07, 6.45) is 0.782. The van der Waals surface area contributed by atoms with Gasteiger partial charge >= 0.3 is 0 Å². The van der Waals surface area contributed by atoms with E-state index in [4.69, 9.17) is 26.8 Å². The molecular formula is C16H17ClFNO2. The van der Waals surface area contributed by atoms with E-state index in [1.165, 1.54) is 12.1 Å². The first-order valence-corrected chi connectivity index (χ1v) is 7.05. The van der Waals surface area contributed by atoms with Crippen LogP contribution < -0.4 is 15.2 Å². The van der Waals surface area contributed by atoms with Crippen LogP contribution in [0.15, 0.2) is 30.3 Å². The van der Waals surface area contributed by atoms with Crippen LogP contribution in [-0.2, 0) is 0 Å². The third-order valence-electron chi connectivity index (χ3n) is 2.83. The maximum Gasteiger partial charge on any atom is 0.167 e. The van der Waals surface area contributed by atoms with Gasteiger partial charge in [0.25, 0.3) is 0 Å². The van der Waals surface area contributed by atoms with E-state index in [-0.39, 0.29) is 11.4 Å². The van der Waals surface area contributed by atoms with Gasteiger partial charge in [-0.2, -0.15) is 0 Å². The van der Waals surface area contributed by atoms with E-state index in [0.29, 0.717) is 23.1 Å². The summed E-state index contributed by atoms with van der Waals surface area (Å²) < 4.78 is 24.7. The van der Waals surface area contributed by atoms with Crippen LogP contribution in [0.3, 0.4) is 0 Å². The minimum atomic E-state index is -0.511. The number of nitrogens with two attached hydrogens (primary N) is 1. The van der Waals surface area contributed by atoms with Crippen molar-refractivity contribution in [1.29, 1.82) is 0 Å². The Hall–Kier alpha value is -1.94. The van der Waals surface area contributed by atoms with E-state index in [1.54, 1.807) is 12.1 Å². The van der Waals surface area contributed by atoms with E-state index in [2.05, 4.69) is 0 Å². The zero-order chi connectivity index (χ0) is 15.4. The van der Waals surface area contributed by atoms with E-state index >= 15 is 0 Å². The Balaban J connectivity index is 2.30. The SMILES string of the molecule is CCCOc1cc(Oc2ccc(C)cc2Cl)c(N)cc1F. The van der Waals surface area contributed by atoms with Gasteiger partial charge in [0.05, 0.1) is 17.3 Å². The second-order valence-electron chi connectivity index (χ2n) is 4.70. The summed E-state index contributed by atoms with van der Waals surface area (Å²) in [4.78, 5) is 0.